The molecule has 13 N–H and O–H groups in total. The van der Waals surface area contributed by atoms with E-state index < -0.39 is 168 Å². The average Bonchev–Trinajstić information content (AvgIpc) is 0.869. The molecule has 0 heterocycles. The number of fused-ring (bicyclic) bond motifs is 4. The van der Waals surface area contributed by atoms with E-state index in [2.05, 4.69) is 55.5 Å². The molecule has 0 aromatic heterocycles. The topological polar surface area (TPSA) is 447 Å². The smallest absolute Gasteiger partial charge is 0.426 e. The molecule has 24 bridgehead atoms. The molecule has 0 amide bonds. The Morgan fingerprint density at radius 1 is 0.299 bits per heavy atom. The molecular formula is C98H136F12O27. The van der Waals surface area contributed by atoms with Crippen molar-refractivity contribution in [1.29, 1.82) is 0 Å². The number of ether oxygens (including phenoxy) is 7. The van der Waals surface area contributed by atoms with Crippen LogP contribution in [0.2, 0.25) is 0 Å². The lowest BCUT2D eigenvalue weighted by molar-refractivity contribution is -0.388. The van der Waals surface area contributed by atoms with Gasteiger partial charge in [-0.25, -0.2) is 33.6 Å². The molecule has 774 valence electrons. The first-order chi connectivity index (χ1) is 62.4. The molecule has 24 aliphatic rings. The SMILES string of the molecule is C=C(C)C(=O)OC.C=C(C)C(=O)OC.C=C(C)C(=O)OC12CC3(O)CC(O)(CC(O)(C3)C1)C2.C=C(C)C(=O)OC12CC3CC(O)(CC(O)(C3)C1)C2.C=CC(=O)OC12CC3(O)CC(O)(CC(O)(C3)C1)C2.C=CC(=O)OC12CC3CC(CC(O)(C3)C1)C2.C=CC(=O)OC12CC3CC(O)(CC(O)(C3)C1)C2.OC(C1CC2CCC1C2)(C(F)(F)F)C(F)(F)F.OC(CC1CC2CCC1C2)(C(F)(F)F)C(F)(F)F. The van der Waals surface area contributed by atoms with E-state index in [0.717, 1.165) is 82.8 Å². The largest absolute Gasteiger partial charge is 0.466 e. The highest BCUT2D eigenvalue weighted by Crippen LogP contribution is 2.68. The van der Waals surface area contributed by atoms with Crippen LogP contribution in [0.1, 0.15) is 278 Å². The third-order valence-corrected chi connectivity index (χ3v) is 32.1. The van der Waals surface area contributed by atoms with Gasteiger partial charge in [0, 0.05) is 168 Å². The number of alkyl halides is 12. The standard InChI is InChI=1S/C14H20O5.C14H20O4.C13H18O5.C13H18O4.C13H18O3.C11H14F6O.C10H12F6O.2C5H8O2/c1-9(2)10(15)19-14-6-11(16)3-12(17,7-14)5-13(18,4-11)8-14;1-9(2)11(15)18-14-5-10-3-12(16,7-14)6-13(17,4-10)8-14;1-2-9(14)18-13-6-10(15)3-11(16,7-13)5-12(17,4-10)8-13;1-2-10(14)17-13-5-9-3-11(15,7-13)6-12(16,4-9)8-13;1-2-11(14)16-13-6-9-3-10(7-13)5-12(15,4-9)8-13;12-10(13,14)9(18,11(15,16)17)5-8-4-6-1-2-7(8)3-6;11-9(12,13)8(17,10(14,15)16)7-4-5-1-2-6(7)3-5;2*1-4(2)5(6)7-3/h16-18H,1,3-8H2,2H3;10,16-17H,1,3-8H2,2H3;2,15-17H,1,3-8H2;2,9,15-16H,1,3-8H2;2,9-10,15H,1,3-8H2;6-8,18H,1-5H2;5-7,17H,1-4H2;2*1H2,2-3H3. The van der Waals surface area contributed by atoms with E-state index in [-0.39, 0.29) is 142 Å². The normalized spacial score (nSPS) is 42.1. The van der Waals surface area contributed by atoms with Gasteiger partial charge in [0.1, 0.15) is 28.0 Å². The van der Waals surface area contributed by atoms with Gasteiger partial charge in [-0.3, -0.25) is 0 Å². The first-order valence-electron chi connectivity index (χ1n) is 46.9. The van der Waals surface area contributed by atoms with Gasteiger partial charge in [-0.05, 0) is 197 Å². The molecule has 24 aliphatic carbocycles. The molecule has 39 heteroatoms. The average molecular weight is 1970 g/mol. The molecule has 12 unspecified atom stereocenters. The molecule has 137 heavy (non-hydrogen) atoms. The molecule has 27 nitrogen and oxygen atoms in total. The van der Waals surface area contributed by atoms with Crippen molar-refractivity contribution in [2.24, 2.45) is 59.2 Å². The quantitative estimate of drug-likeness (QED) is 0.0313. The number of esters is 7. The van der Waals surface area contributed by atoms with E-state index in [0.29, 0.717) is 112 Å². The Bertz CT molecular complexity index is 4440. The van der Waals surface area contributed by atoms with Crippen molar-refractivity contribution in [3.05, 3.63) is 86.6 Å². The molecule has 12 atom stereocenters. The minimum Gasteiger partial charge on any atom is -0.466 e. The van der Waals surface area contributed by atoms with E-state index in [9.17, 15) is 148 Å². The molecule has 0 aliphatic heterocycles. The molecule has 0 spiro atoms. The van der Waals surface area contributed by atoms with Gasteiger partial charge in [0.25, 0.3) is 11.2 Å². The summed E-state index contributed by atoms with van der Waals surface area (Å²) in [5.41, 5.74) is -22.1. The van der Waals surface area contributed by atoms with Crippen LogP contribution in [0.25, 0.3) is 0 Å². The van der Waals surface area contributed by atoms with Crippen LogP contribution in [0.15, 0.2) is 86.6 Å². The number of hydrogen-bond donors (Lipinski definition) is 13. The maximum Gasteiger partial charge on any atom is 0.426 e. The second-order valence-corrected chi connectivity index (χ2v) is 45.8. The van der Waals surface area contributed by atoms with Crippen LogP contribution in [-0.4, -0.2) is 248 Å². The van der Waals surface area contributed by atoms with Gasteiger partial charge in [-0.15, -0.1) is 0 Å². The van der Waals surface area contributed by atoms with E-state index in [1.54, 1.807) is 27.7 Å². The summed E-state index contributed by atoms with van der Waals surface area (Å²) in [6.07, 6.45) is -0.873. The number of carbonyl (C=O) groups is 7. The van der Waals surface area contributed by atoms with Gasteiger partial charge in [0.2, 0.25) is 0 Å². The van der Waals surface area contributed by atoms with Crippen LogP contribution in [-0.2, 0) is 66.7 Å². The molecule has 24 fully saturated rings. The number of aliphatic hydroxyl groups is 13. The highest BCUT2D eigenvalue weighted by atomic mass is 19.4. The molecule has 24 rings (SSSR count). The van der Waals surface area contributed by atoms with Crippen LogP contribution >= 0.6 is 0 Å². The third-order valence-electron chi connectivity index (χ3n) is 32.1. The minimum absolute atomic E-state index is 0.0915. The highest BCUT2D eigenvalue weighted by molar-refractivity contribution is 5.88. The van der Waals surface area contributed by atoms with Crippen LogP contribution in [0, 0.1) is 59.2 Å². The lowest BCUT2D eigenvalue weighted by Gasteiger charge is -2.65. The van der Waals surface area contributed by atoms with Gasteiger partial charge in [-0.2, -0.15) is 52.7 Å². The monoisotopic (exact) mass is 1970 g/mol. The molecule has 0 aromatic rings. The van der Waals surface area contributed by atoms with Crippen molar-refractivity contribution in [3.8, 4) is 0 Å². The van der Waals surface area contributed by atoms with Crippen molar-refractivity contribution >= 4 is 41.8 Å². The number of hydrogen-bond acceptors (Lipinski definition) is 27. The second-order valence-electron chi connectivity index (χ2n) is 45.8. The molecule has 0 saturated heterocycles. The van der Waals surface area contributed by atoms with Crippen LogP contribution in [0.4, 0.5) is 52.7 Å². The second kappa shape index (κ2) is 37.7. The lowest BCUT2D eigenvalue weighted by atomic mass is 9.48. The van der Waals surface area contributed by atoms with Crippen molar-refractivity contribution in [2.75, 3.05) is 14.2 Å². The zero-order valence-corrected chi connectivity index (χ0v) is 78.6. The zero-order chi connectivity index (χ0) is 103. The Morgan fingerprint density at radius 2 is 0.562 bits per heavy atom. The summed E-state index contributed by atoms with van der Waals surface area (Å²) >= 11 is 0. The summed E-state index contributed by atoms with van der Waals surface area (Å²) in [4.78, 5) is 78.1. The van der Waals surface area contributed by atoms with Crippen molar-refractivity contribution in [2.45, 2.75) is 404 Å². The van der Waals surface area contributed by atoms with Crippen molar-refractivity contribution in [1.82, 2.24) is 0 Å². The Labute approximate surface area is 787 Å². The summed E-state index contributed by atoms with van der Waals surface area (Å²) in [6.45, 7) is 30.4. The van der Waals surface area contributed by atoms with E-state index in [1.807, 2.05) is 0 Å². The molecule has 0 aromatic carbocycles. The first-order valence-corrected chi connectivity index (χ1v) is 46.9. The zero-order valence-electron chi connectivity index (χ0n) is 78.6. The van der Waals surface area contributed by atoms with Gasteiger partial charge in [0.15, 0.2) is 0 Å². The minimum atomic E-state index is -5.67. The lowest BCUT2D eigenvalue weighted by Crippen LogP contribution is -2.72. The third kappa shape index (κ3) is 24.3. The van der Waals surface area contributed by atoms with Gasteiger partial charge < -0.3 is 99.5 Å². The fourth-order valence-electron chi connectivity index (χ4n) is 30.4. The van der Waals surface area contributed by atoms with Gasteiger partial charge in [0.05, 0.1) is 75.8 Å². The molecular weight excluding hydrogens is 1840 g/mol. The maximum atomic E-state index is 12.6. The van der Waals surface area contributed by atoms with E-state index >= 15 is 0 Å². The molecule has 0 radical (unpaired) electrons. The Kier molecular flexibility index (Phi) is 30.4. The Balaban J connectivity index is 0.000000150. The number of halogens is 12. The van der Waals surface area contributed by atoms with E-state index in [4.69, 9.17) is 28.8 Å². The number of rotatable bonds is 15. The van der Waals surface area contributed by atoms with Crippen molar-refractivity contribution < 1.29 is 186 Å². The first kappa shape index (κ1) is 110. The Hall–Kier alpha value is -6.89. The van der Waals surface area contributed by atoms with Crippen LogP contribution in [0.3, 0.4) is 0 Å². The van der Waals surface area contributed by atoms with E-state index in [1.165, 1.54) is 26.7 Å². The predicted molar refractivity (Wildman–Crippen MR) is 462 cm³/mol. The summed E-state index contributed by atoms with van der Waals surface area (Å²) in [7, 11) is 2.66. The fourth-order valence-corrected chi connectivity index (χ4v) is 30.4. The molecule has 24 saturated carbocycles. The highest BCUT2D eigenvalue weighted by Gasteiger charge is 2.78. The maximum absolute atomic E-state index is 12.6. The van der Waals surface area contributed by atoms with Crippen LogP contribution < -0.4 is 0 Å². The van der Waals surface area contributed by atoms with Gasteiger partial charge >= 0.3 is 66.5 Å². The summed E-state index contributed by atoms with van der Waals surface area (Å²) in [5, 5.41) is 134. The van der Waals surface area contributed by atoms with Crippen LogP contribution in [0.5, 0.6) is 0 Å². The predicted octanol–water partition coefficient (Wildman–Crippen LogP) is 12.9. The summed E-state index contributed by atoms with van der Waals surface area (Å²) < 4.78 is 187. The summed E-state index contributed by atoms with van der Waals surface area (Å²) in [5.74, 6) is -4.41. The number of methoxy groups -OCH3 is 2. The summed E-state index contributed by atoms with van der Waals surface area (Å²) in [6, 6.07) is 0. The fraction of sp³-hybridized carbons (Fsp3) is 0.786. The Morgan fingerprint density at radius 3 is 0.818 bits per heavy atom. The number of carbonyl (C=O) groups excluding carboxylic acids is 7. The van der Waals surface area contributed by atoms with Crippen molar-refractivity contribution in [3.63, 3.8) is 0 Å². The van der Waals surface area contributed by atoms with Gasteiger partial charge in [-0.1, -0.05) is 58.9 Å².